The number of carbonyl (C=O) groups is 1. The second-order valence-corrected chi connectivity index (χ2v) is 12.8. The van der Waals surface area contributed by atoms with Crippen LogP contribution < -0.4 is 0 Å². The summed E-state index contributed by atoms with van der Waals surface area (Å²) < 4.78 is 1.78. The van der Waals surface area contributed by atoms with Gasteiger partial charge in [0.15, 0.2) is 5.65 Å². The molecular weight excluding hydrogens is 516 g/mol. The summed E-state index contributed by atoms with van der Waals surface area (Å²) in [5.41, 5.74) is 2.50. The smallest absolute Gasteiger partial charge is 0.321 e. The van der Waals surface area contributed by atoms with Gasteiger partial charge in [0.2, 0.25) is 0 Å². The Morgan fingerprint density at radius 3 is 2.54 bits per heavy atom. The Morgan fingerprint density at radius 2 is 1.78 bits per heavy atom. The number of carboxylic acid groups (broad SMARTS) is 1. The number of likely N-dealkylation sites (tertiary alicyclic amines) is 2. The van der Waals surface area contributed by atoms with E-state index in [0.717, 1.165) is 102 Å². The van der Waals surface area contributed by atoms with E-state index < -0.39 is 11.6 Å². The van der Waals surface area contributed by atoms with E-state index in [-0.39, 0.29) is 12.0 Å². The van der Waals surface area contributed by atoms with E-state index in [1.807, 2.05) is 18.2 Å². The summed E-state index contributed by atoms with van der Waals surface area (Å²) in [7, 11) is 0. The number of benzene rings is 1. The molecule has 3 fully saturated rings. The lowest BCUT2D eigenvalue weighted by atomic mass is 9.83. The number of rotatable bonds is 10. The van der Waals surface area contributed by atoms with Gasteiger partial charge in [0, 0.05) is 44.3 Å². The van der Waals surface area contributed by atoms with Crippen LogP contribution in [0.3, 0.4) is 0 Å². The van der Waals surface area contributed by atoms with Crippen molar-refractivity contribution < 1.29 is 15.0 Å². The van der Waals surface area contributed by atoms with Crippen molar-refractivity contribution in [2.45, 2.75) is 81.8 Å². The fourth-order valence-electron chi connectivity index (χ4n) is 7.84. The molecule has 3 atom stereocenters. The molecule has 6 rings (SSSR count). The van der Waals surface area contributed by atoms with Crippen LogP contribution in [0.1, 0.15) is 75.0 Å². The molecule has 2 saturated heterocycles. The normalized spacial score (nSPS) is 25.0. The lowest BCUT2D eigenvalue weighted by Crippen LogP contribution is -2.47. The van der Waals surface area contributed by atoms with E-state index in [0.29, 0.717) is 11.8 Å². The number of fused-ring (bicyclic) bond motifs is 1. The lowest BCUT2D eigenvalue weighted by Gasteiger charge is -2.40. The molecule has 1 aromatic carbocycles. The van der Waals surface area contributed by atoms with Crippen molar-refractivity contribution in [3.63, 3.8) is 0 Å². The predicted molar refractivity (Wildman–Crippen MR) is 157 cm³/mol. The van der Waals surface area contributed by atoms with Gasteiger partial charge in [0.25, 0.3) is 0 Å². The summed E-state index contributed by atoms with van der Waals surface area (Å²) in [6.45, 7) is 4.35. The van der Waals surface area contributed by atoms with Gasteiger partial charge in [-0.2, -0.15) is 4.52 Å². The molecule has 220 valence electrons. The van der Waals surface area contributed by atoms with Crippen molar-refractivity contribution in [2.24, 2.45) is 11.8 Å². The van der Waals surface area contributed by atoms with E-state index in [9.17, 15) is 15.0 Å². The maximum atomic E-state index is 12.5. The van der Waals surface area contributed by atoms with E-state index in [4.69, 9.17) is 0 Å². The molecule has 0 amide bonds. The SMILES string of the molecule is O=C(O)[C@@H](C1CCCCC1)N1C[C@H](CN2CCC(O)(CCCc3cccc4nnnn34)CC2)[C@@H](c2ccccc2)C1. The first-order valence-electron chi connectivity index (χ1n) is 15.6. The summed E-state index contributed by atoms with van der Waals surface area (Å²) in [5, 5.41) is 33.6. The molecule has 0 spiro atoms. The monoisotopic (exact) mass is 560 g/mol. The van der Waals surface area contributed by atoms with Crippen LogP contribution in [-0.2, 0) is 11.2 Å². The van der Waals surface area contributed by atoms with Gasteiger partial charge in [-0.15, -0.1) is 5.10 Å². The van der Waals surface area contributed by atoms with Gasteiger partial charge >= 0.3 is 5.97 Å². The van der Waals surface area contributed by atoms with Crippen LogP contribution in [0.15, 0.2) is 48.5 Å². The van der Waals surface area contributed by atoms with Crippen LogP contribution in [0.2, 0.25) is 0 Å². The molecule has 0 bridgehead atoms. The minimum Gasteiger partial charge on any atom is -0.480 e. The van der Waals surface area contributed by atoms with E-state index >= 15 is 0 Å². The topological polar surface area (TPSA) is 107 Å². The van der Waals surface area contributed by atoms with Crippen LogP contribution in [0.4, 0.5) is 0 Å². The maximum absolute atomic E-state index is 12.5. The third kappa shape index (κ3) is 6.47. The molecule has 1 aliphatic carbocycles. The molecule has 0 unspecified atom stereocenters. The molecule has 9 heteroatoms. The first kappa shape index (κ1) is 28.2. The van der Waals surface area contributed by atoms with Crippen LogP contribution in [-0.4, -0.2) is 90.4 Å². The second-order valence-electron chi connectivity index (χ2n) is 12.8. The average Bonchev–Trinajstić information content (AvgIpc) is 3.63. The molecular formula is C32H44N6O3. The third-order valence-electron chi connectivity index (χ3n) is 10.1. The molecule has 3 aliphatic rings. The number of carboxylic acids is 1. The lowest BCUT2D eigenvalue weighted by molar-refractivity contribution is -0.145. The number of tetrazole rings is 1. The standard InChI is InChI=1S/C32H44N6O3/c39-31(40)30(25-11-5-2-6-12-25)37-22-26(28(23-37)24-9-3-1-4-10-24)21-36-19-17-32(41,18-20-36)16-8-14-27-13-7-15-29-33-34-35-38(27)29/h1,3-4,7,9-10,13,15,25-26,28,30,41H,2,5-6,8,11-12,14,16-23H2,(H,39,40)/t26-,28+,30+/m0/s1. The van der Waals surface area contributed by atoms with Crippen molar-refractivity contribution in [1.29, 1.82) is 0 Å². The number of nitrogens with zero attached hydrogens (tertiary/aromatic N) is 6. The zero-order valence-electron chi connectivity index (χ0n) is 24.0. The van der Waals surface area contributed by atoms with E-state index in [2.05, 4.69) is 55.7 Å². The minimum absolute atomic E-state index is 0.259. The van der Waals surface area contributed by atoms with Crippen molar-refractivity contribution in [3.8, 4) is 0 Å². The van der Waals surface area contributed by atoms with E-state index in [1.54, 1.807) is 4.52 Å². The fourth-order valence-corrected chi connectivity index (χ4v) is 7.84. The molecule has 2 aromatic heterocycles. The van der Waals surface area contributed by atoms with Gasteiger partial charge in [-0.3, -0.25) is 9.69 Å². The molecule has 0 radical (unpaired) electrons. The fraction of sp³-hybridized carbons (Fsp3) is 0.625. The Kier molecular flexibility index (Phi) is 8.65. The molecule has 9 nitrogen and oxygen atoms in total. The summed E-state index contributed by atoms with van der Waals surface area (Å²) in [6, 6.07) is 16.2. The zero-order chi connectivity index (χ0) is 28.2. The van der Waals surface area contributed by atoms with Crippen LogP contribution >= 0.6 is 0 Å². The van der Waals surface area contributed by atoms with Crippen LogP contribution in [0.25, 0.3) is 5.65 Å². The Balaban J connectivity index is 1.07. The van der Waals surface area contributed by atoms with Crippen molar-refractivity contribution in [2.75, 3.05) is 32.7 Å². The average molecular weight is 561 g/mol. The zero-order valence-corrected chi connectivity index (χ0v) is 24.0. The summed E-state index contributed by atoms with van der Waals surface area (Å²) >= 11 is 0. The predicted octanol–water partition coefficient (Wildman–Crippen LogP) is 4.02. The van der Waals surface area contributed by atoms with E-state index in [1.165, 1.54) is 12.0 Å². The Labute approximate surface area is 242 Å². The summed E-state index contributed by atoms with van der Waals surface area (Å²) in [5.74, 6) is 0.320. The number of aliphatic carboxylic acids is 1. The number of aryl methyl sites for hydroxylation is 1. The van der Waals surface area contributed by atoms with Crippen LogP contribution in [0.5, 0.6) is 0 Å². The highest BCUT2D eigenvalue weighted by atomic mass is 16.4. The Morgan fingerprint density at radius 1 is 1.00 bits per heavy atom. The number of aromatic nitrogens is 4. The van der Waals surface area contributed by atoms with Crippen LogP contribution in [0, 0.1) is 11.8 Å². The largest absolute Gasteiger partial charge is 0.480 e. The number of hydrogen-bond donors (Lipinski definition) is 2. The first-order valence-corrected chi connectivity index (χ1v) is 15.6. The molecule has 41 heavy (non-hydrogen) atoms. The maximum Gasteiger partial charge on any atom is 0.321 e. The minimum atomic E-state index is -0.649. The highest BCUT2D eigenvalue weighted by molar-refractivity contribution is 5.74. The van der Waals surface area contributed by atoms with Crippen molar-refractivity contribution >= 4 is 11.6 Å². The first-order chi connectivity index (χ1) is 20.0. The van der Waals surface area contributed by atoms with Gasteiger partial charge in [-0.1, -0.05) is 55.7 Å². The number of pyridine rings is 1. The second kappa shape index (κ2) is 12.5. The Bertz CT molecular complexity index is 1280. The highest BCUT2D eigenvalue weighted by Crippen LogP contribution is 2.39. The molecule has 3 aromatic rings. The molecule has 2 N–H and O–H groups in total. The molecule has 1 saturated carbocycles. The Hall–Kier alpha value is -2.88. The highest BCUT2D eigenvalue weighted by Gasteiger charge is 2.43. The van der Waals surface area contributed by atoms with Crippen molar-refractivity contribution in [1.82, 2.24) is 29.8 Å². The van der Waals surface area contributed by atoms with Crippen molar-refractivity contribution in [3.05, 3.63) is 59.8 Å². The number of hydrogen-bond acceptors (Lipinski definition) is 7. The van der Waals surface area contributed by atoms with Gasteiger partial charge < -0.3 is 15.1 Å². The van der Waals surface area contributed by atoms with Gasteiger partial charge in [-0.25, -0.2) is 0 Å². The quantitative estimate of drug-likeness (QED) is 0.383. The molecule has 4 heterocycles. The number of aliphatic hydroxyl groups is 1. The summed E-state index contributed by atoms with van der Waals surface area (Å²) in [6.07, 6.45) is 9.63. The van der Waals surface area contributed by atoms with Gasteiger partial charge in [-0.05, 0) is 84.9 Å². The number of piperidine rings is 1. The third-order valence-corrected chi connectivity index (χ3v) is 10.1. The summed E-state index contributed by atoms with van der Waals surface area (Å²) in [4.78, 5) is 17.3. The van der Waals surface area contributed by atoms with Gasteiger partial charge in [0.1, 0.15) is 6.04 Å². The molecule has 2 aliphatic heterocycles. The van der Waals surface area contributed by atoms with Gasteiger partial charge in [0.05, 0.1) is 5.60 Å².